The number of nitrogens with one attached hydrogen (secondary N) is 1. The van der Waals surface area contributed by atoms with Crippen molar-refractivity contribution in [2.45, 2.75) is 12.3 Å². The molecule has 1 aromatic carbocycles. The monoisotopic (exact) mass is 384 g/mol. The summed E-state index contributed by atoms with van der Waals surface area (Å²) in [6, 6.07) is 9.61. The summed E-state index contributed by atoms with van der Waals surface area (Å²) in [5.41, 5.74) is 1.60. The van der Waals surface area contributed by atoms with Crippen molar-refractivity contribution in [3.63, 3.8) is 0 Å². The number of nitrogens with zero attached hydrogens (tertiary/aromatic N) is 3. The van der Waals surface area contributed by atoms with Crippen LogP contribution < -0.4 is 5.32 Å². The number of pyridine rings is 1. The molecule has 0 spiro atoms. The third kappa shape index (κ3) is 5.36. The minimum absolute atomic E-state index is 0.0344. The summed E-state index contributed by atoms with van der Waals surface area (Å²) in [4.78, 5) is 33.3. The van der Waals surface area contributed by atoms with E-state index < -0.39 is 5.92 Å². The number of rotatable bonds is 6. The van der Waals surface area contributed by atoms with Gasteiger partial charge in [0, 0.05) is 38.6 Å². The molecule has 0 aliphatic carbocycles. The molecule has 6 nitrogen and oxygen atoms in total. The standard InChI is InChI=1S/C21H25FN4O2/c1-25-9-11-26(12-10-25)20(27)15-24-21(28)19(13-16-3-2-8-23-14-16)17-4-6-18(22)7-5-17/h2-8,14,19H,9-13,15H2,1H3,(H,24,28). The molecule has 2 amide bonds. The van der Waals surface area contributed by atoms with Crippen LogP contribution in [0.15, 0.2) is 48.8 Å². The minimum atomic E-state index is -0.523. The zero-order valence-corrected chi connectivity index (χ0v) is 16.0. The van der Waals surface area contributed by atoms with E-state index >= 15 is 0 Å². The van der Waals surface area contributed by atoms with Crippen molar-refractivity contribution >= 4 is 11.8 Å². The summed E-state index contributed by atoms with van der Waals surface area (Å²) in [5.74, 6) is -1.21. The summed E-state index contributed by atoms with van der Waals surface area (Å²) in [6.45, 7) is 2.97. The molecule has 7 heteroatoms. The van der Waals surface area contributed by atoms with Crippen molar-refractivity contribution in [1.29, 1.82) is 0 Å². The summed E-state index contributed by atoms with van der Waals surface area (Å²) >= 11 is 0. The van der Waals surface area contributed by atoms with Crippen LogP contribution in [-0.2, 0) is 16.0 Å². The zero-order valence-electron chi connectivity index (χ0n) is 16.0. The van der Waals surface area contributed by atoms with Crippen LogP contribution in [0.4, 0.5) is 4.39 Å². The molecule has 2 heterocycles. The molecule has 148 valence electrons. The first-order chi connectivity index (χ1) is 13.5. The number of halogens is 1. The normalized spacial score (nSPS) is 15.9. The maximum Gasteiger partial charge on any atom is 0.242 e. The van der Waals surface area contributed by atoms with E-state index in [9.17, 15) is 14.0 Å². The molecular weight excluding hydrogens is 359 g/mol. The van der Waals surface area contributed by atoms with Crippen LogP contribution in [-0.4, -0.2) is 66.4 Å². The minimum Gasteiger partial charge on any atom is -0.346 e. The van der Waals surface area contributed by atoms with Crippen molar-refractivity contribution in [2.75, 3.05) is 39.8 Å². The average Bonchev–Trinajstić information content (AvgIpc) is 2.72. The summed E-state index contributed by atoms with van der Waals surface area (Å²) in [7, 11) is 2.02. The maximum absolute atomic E-state index is 13.3. The SMILES string of the molecule is CN1CCN(C(=O)CNC(=O)C(Cc2cccnc2)c2ccc(F)cc2)CC1. The third-order valence-corrected chi connectivity index (χ3v) is 5.02. The molecule has 0 radical (unpaired) electrons. The first kappa shape index (κ1) is 19.9. The van der Waals surface area contributed by atoms with Gasteiger partial charge >= 0.3 is 0 Å². The van der Waals surface area contributed by atoms with Crippen LogP contribution in [0.5, 0.6) is 0 Å². The summed E-state index contributed by atoms with van der Waals surface area (Å²) in [5, 5.41) is 2.77. The number of carbonyl (C=O) groups excluding carboxylic acids is 2. The van der Waals surface area contributed by atoms with Crippen LogP contribution in [0.2, 0.25) is 0 Å². The number of aromatic nitrogens is 1. The highest BCUT2D eigenvalue weighted by Gasteiger charge is 2.24. The van der Waals surface area contributed by atoms with Gasteiger partial charge in [0.15, 0.2) is 0 Å². The molecule has 1 aliphatic heterocycles. The molecular formula is C21H25FN4O2. The van der Waals surface area contributed by atoms with Crippen molar-refractivity contribution in [3.8, 4) is 0 Å². The Hall–Kier alpha value is -2.80. The number of hydrogen-bond donors (Lipinski definition) is 1. The summed E-state index contributed by atoms with van der Waals surface area (Å²) < 4.78 is 13.3. The topological polar surface area (TPSA) is 65.5 Å². The highest BCUT2D eigenvalue weighted by Crippen LogP contribution is 2.21. The van der Waals surface area contributed by atoms with Gasteiger partial charge in [-0.25, -0.2) is 4.39 Å². The Kier molecular flexibility index (Phi) is 6.71. The lowest BCUT2D eigenvalue weighted by atomic mass is 9.91. The van der Waals surface area contributed by atoms with Crippen molar-refractivity contribution in [2.24, 2.45) is 0 Å². The summed E-state index contributed by atoms with van der Waals surface area (Å²) in [6.07, 6.45) is 3.80. The lowest BCUT2D eigenvalue weighted by molar-refractivity contribution is -0.134. The lowest BCUT2D eigenvalue weighted by Gasteiger charge is -2.32. The molecule has 28 heavy (non-hydrogen) atoms. The van der Waals surface area contributed by atoms with Crippen LogP contribution in [0.1, 0.15) is 17.0 Å². The van der Waals surface area contributed by atoms with E-state index in [2.05, 4.69) is 15.2 Å². The van der Waals surface area contributed by atoms with Crippen LogP contribution >= 0.6 is 0 Å². The molecule has 1 aliphatic rings. The number of amides is 2. The van der Waals surface area contributed by atoms with Gasteiger partial charge in [-0.1, -0.05) is 18.2 Å². The fraction of sp³-hybridized carbons (Fsp3) is 0.381. The molecule has 1 fully saturated rings. The smallest absolute Gasteiger partial charge is 0.242 e. The Morgan fingerprint density at radius 1 is 1.14 bits per heavy atom. The van der Waals surface area contributed by atoms with Crippen molar-refractivity contribution in [1.82, 2.24) is 20.1 Å². The number of hydrogen-bond acceptors (Lipinski definition) is 4. The Morgan fingerprint density at radius 2 is 1.86 bits per heavy atom. The fourth-order valence-electron chi connectivity index (χ4n) is 3.27. The van der Waals surface area contributed by atoms with E-state index in [1.165, 1.54) is 12.1 Å². The van der Waals surface area contributed by atoms with Gasteiger partial charge in [-0.05, 0) is 42.8 Å². The van der Waals surface area contributed by atoms with Crippen LogP contribution in [0.25, 0.3) is 0 Å². The Labute approximate surface area is 164 Å². The maximum atomic E-state index is 13.3. The quantitative estimate of drug-likeness (QED) is 0.819. The Balaban J connectivity index is 1.66. The van der Waals surface area contributed by atoms with E-state index in [4.69, 9.17) is 0 Å². The molecule has 0 saturated carbocycles. The van der Waals surface area contributed by atoms with Crippen molar-refractivity contribution < 1.29 is 14.0 Å². The second kappa shape index (κ2) is 9.41. The van der Waals surface area contributed by atoms with E-state index in [0.717, 1.165) is 18.7 Å². The van der Waals surface area contributed by atoms with Gasteiger partial charge in [0.25, 0.3) is 0 Å². The fourth-order valence-corrected chi connectivity index (χ4v) is 3.27. The van der Waals surface area contributed by atoms with Gasteiger partial charge in [-0.3, -0.25) is 14.6 Å². The van der Waals surface area contributed by atoms with Gasteiger partial charge < -0.3 is 15.1 Å². The largest absolute Gasteiger partial charge is 0.346 e. The number of benzene rings is 1. The molecule has 1 atom stereocenters. The third-order valence-electron chi connectivity index (χ3n) is 5.02. The second-order valence-electron chi connectivity index (χ2n) is 7.07. The second-order valence-corrected chi connectivity index (χ2v) is 7.07. The van der Waals surface area contributed by atoms with Crippen LogP contribution in [0.3, 0.4) is 0 Å². The highest BCUT2D eigenvalue weighted by atomic mass is 19.1. The molecule has 0 bridgehead atoms. The van der Waals surface area contributed by atoms with Crippen LogP contribution in [0, 0.1) is 5.82 Å². The van der Waals surface area contributed by atoms with E-state index in [1.807, 2.05) is 19.2 Å². The average molecular weight is 384 g/mol. The zero-order chi connectivity index (χ0) is 19.9. The number of likely N-dealkylation sites (N-methyl/N-ethyl adjacent to an activating group) is 1. The molecule has 1 unspecified atom stereocenters. The predicted molar refractivity (Wildman–Crippen MR) is 104 cm³/mol. The lowest BCUT2D eigenvalue weighted by Crippen LogP contribution is -2.50. The molecule has 1 aromatic heterocycles. The van der Waals surface area contributed by atoms with Crippen molar-refractivity contribution in [3.05, 3.63) is 65.7 Å². The molecule has 1 N–H and O–H groups in total. The Bertz CT molecular complexity index is 790. The highest BCUT2D eigenvalue weighted by molar-refractivity contribution is 5.88. The van der Waals surface area contributed by atoms with E-state index in [0.29, 0.717) is 25.1 Å². The number of piperazine rings is 1. The first-order valence-electron chi connectivity index (χ1n) is 9.41. The molecule has 3 rings (SSSR count). The molecule has 1 saturated heterocycles. The van der Waals surface area contributed by atoms with E-state index in [1.54, 1.807) is 29.4 Å². The predicted octanol–water partition coefficient (Wildman–Crippen LogP) is 1.44. The number of carbonyl (C=O) groups is 2. The van der Waals surface area contributed by atoms with Gasteiger partial charge in [-0.2, -0.15) is 0 Å². The van der Waals surface area contributed by atoms with Gasteiger partial charge in [0.05, 0.1) is 12.5 Å². The first-order valence-corrected chi connectivity index (χ1v) is 9.41. The Morgan fingerprint density at radius 3 is 2.50 bits per heavy atom. The van der Waals surface area contributed by atoms with Gasteiger partial charge in [-0.15, -0.1) is 0 Å². The van der Waals surface area contributed by atoms with Gasteiger partial charge in [0.1, 0.15) is 5.82 Å². The molecule has 2 aromatic rings. The van der Waals surface area contributed by atoms with E-state index in [-0.39, 0.29) is 24.2 Å². The van der Waals surface area contributed by atoms with Gasteiger partial charge in [0.2, 0.25) is 11.8 Å².